The lowest BCUT2D eigenvalue weighted by molar-refractivity contribution is -0.116. The predicted molar refractivity (Wildman–Crippen MR) is 129 cm³/mol. The van der Waals surface area contributed by atoms with E-state index in [4.69, 9.17) is 4.74 Å². The zero-order valence-corrected chi connectivity index (χ0v) is 19.2. The number of nitrogens with zero attached hydrogens (tertiary/aromatic N) is 1. The first kappa shape index (κ1) is 23.8. The van der Waals surface area contributed by atoms with Crippen molar-refractivity contribution in [1.82, 2.24) is 4.90 Å². The Morgan fingerprint density at radius 2 is 1.59 bits per heavy atom. The number of nitrogens with one attached hydrogen (secondary N) is 2. The molecule has 172 valence electrons. The smallest absolute Gasteiger partial charge is 0.255 e. The molecule has 2 aromatic carbocycles. The molecule has 2 amide bonds. The summed E-state index contributed by atoms with van der Waals surface area (Å²) in [5.41, 5.74) is 1.82. The van der Waals surface area contributed by atoms with Crippen molar-refractivity contribution in [2.75, 3.05) is 31.3 Å². The number of ether oxygens (including phenoxy) is 1. The molecule has 6 nitrogen and oxygen atoms in total. The third-order valence-electron chi connectivity index (χ3n) is 6.18. The van der Waals surface area contributed by atoms with Crippen LogP contribution in [0.1, 0.15) is 61.7 Å². The maximum Gasteiger partial charge on any atom is 0.255 e. The monoisotopic (exact) mass is 437 g/mol. The minimum Gasteiger partial charge on any atom is -0.495 e. The summed E-state index contributed by atoms with van der Waals surface area (Å²) in [4.78, 5) is 27.3. The molecule has 0 aromatic heterocycles. The maximum atomic E-state index is 12.5. The Balaban J connectivity index is 1.47. The fourth-order valence-corrected chi connectivity index (χ4v) is 4.21. The van der Waals surface area contributed by atoms with E-state index in [0.29, 0.717) is 35.2 Å². The standard InChI is InChI=1S/C26H35N3O3/c1-29(22-10-6-4-3-5-7-11-22)19-18-25(30)27-21-16-14-20(15-17-21)26(31)28-23-12-8-9-13-24(23)32-2/h8-9,12-17,22H,3-7,10-11,18-19H2,1-2H3,(H,27,30)(H,28,31). The molecule has 6 heteroatoms. The van der Waals surface area contributed by atoms with Gasteiger partial charge >= 0.3 is 0 Å². The minimum absolute atomic E-state index is 0.00563. The van der Waals surface area contributed by atoms with Crippen molar-refractivity contribution in [3.63, 3.8) is 0 Å². The molecule has 0 saturated heterocycles. The van der Waals surface area contributed by atoms with Gasteiger partial charge < -0.3 is 20.3 Å². The zero-order valence-electron chi connectivity index (χ0n) is 19.2. The van der Waals surface area contributed by atoms with Gasteiger partial charge in [0.05, 0.1) is 12.8 Å². The van der Waals surface area contributed by atoms with Crippen LogP contribution in [0.3, 0.4) is 0 Å². The van der Waals surface area contributed by atoms with E-state index in [1.165, 1.54) is 44.9 Å². The fourth-order valence-electron chi connectivity index (χ4n) is 4.21. The van der Waals surface area contributed by atoms with E-state index in [0.717, 1.165) is 6.54 Å². The molecule has 0 bridgehead atoms. The summed E-state index contributed by atoms with van der Waals surface area (Å²) in [6, 6.07) is 14.8. The molecule has 0 radical (unpaired) electrons. The number of carbonyl (C=O) groups excluding carboxylic acids is 2. The van der Waals surface area contributed by atoms with E-state index in [1.807, 2.05) is 12.1 Å². The van der Waals surface area contributed by atoms with E-state index in [2.05, 4.69) is 22.6 Å². The van der Waals surface area contributed by atoms with Gasteiger partial charge in [-0.1, -0.05) is 44.2 Å². The summed E-state index contributed by atoms with van der Waals surface area (Å²) in [6.45, 7) is 0.760. The van der Waals surface area contributed by atoms with Crippen molar-refractivity contribution in [2.24, 2.45) is 0 Å². The second kappa shape index (κ2) is 12.2. The number of carbonyl (C=O) groups is 2. The lowest BCUT2D eigenvalue weighted by Gasteiger charge is -2.29. The molecule has 0 spiro atoms. The Bertz CT molecular complexity index is 874. The lowest BCUT2D eigenvalue weighted by Crippen LogP contribution is -2.34. The first-order chi connectivity index (χ1) is 15.6. The van der Waals surface area contributed by atoms with E-state index < -0.39 is 0 Å². The van der Waals surface area contributed by atoms with E-state index in [1.54, 1.807) is 43.5 Å². The summed E-state index contributed by atoms with van der Waals surface area (Å²) < 4.78 is 5.27. The largest absolute Gasteiger partial charge is 0.495 e. The summed E-state index contributed by atoms with van der Waals surface area (Å²) >= 11 is 0. The topological polar surface area (TPSA) is 70.7 Å². The SMILES string of the molecule is COc1ccccc1NC(=O)c1ccc(NC(=O)CCN(C)C2CCCCCCC2)cc1. The molecule has 0 heterocycles. The van der Waals surface area contributed by atoms with Crippen molar-refractivity contribution >= 4 is 23.2 Å². The quantitative estimate of drug-likeness (QED) is 0.586. The highest BCUT2D eigenvalue weighted by Gasteiger charge is 2.17. The molecule has 3 rings (SSSR count). The van der Waals surface area contributed by atoms with Crippen LogP contribution < -0.4 is 15.4 Å². The highest BCUT2D eigenvalue weighted by Crippen LogP contribution is 2.24. The predicted octanol–water partition coefficient (Wildman–Crippen LogP) is 5.32. The lowest BCUT2D eigenvalue weighted by atomic mass is 9.96. The van der Waals surface area contributed by atoms with Gasteiger partial charge in [0.25, 0.3) is 5.91 Å². The number of rotatable bonds is 8. The minimum atomic E-state index is -0.229. The van der Waals surface area contributed by atoms with Crippen LogP contribution in [-0.4, -0.2) is 43.5 Å². The number of hydrogen-bond donors (Lipinski definition) is 2. The Labute approximate surface area is 191 Å². The molecule has 1 fully saturated rings. The second-order valence-electron chi connectivity index (χ2n) is 8.51. The van der Waals surface area contributed by atoms with Crippen molar-refractivity contribution in [3.8, 4) is 5.75 Å². The normalized spacial score (nSPS) is 15.0. The maximum absolute atomic E-state index is 12.5. The molecule has 0 aliphatic heterocycles. The first-order valence-corrected chi connectivity index (χ1v) is 11.6. The van der Waals surface area contributed by atoms with Crippen LogP contribution in [-0.2, 0) is 4.79 Å². The fraction of sp³-hybridized carbons (Fsp3) is 0.462. The molecule has 0 atom stereocenters. The molecule has 0 unspecified atom stereocenters. The summed E-state index contributed by atoms with van der Waals surface area (Å²) in [5.74, 6) is 0.372. The van der Waals surface area contributed by atoms with Gasteiger partial charge in [-0.25, -0.2) is 0 Å². The third kappa shape index (κ3) is 7.09. The highest BCUT2D eigenvalue weighted by molar-refractivity contribution is 6.05. The molecular weight excluding hydrogens is 402 g/mol. The molecule has 2 aromatic rings. The van der Waals surface area contributed by atoms with Gasteiger partial charge in [0, 0.05) is 30.3 Å². The van der Waals surface area contributed by atoms with Crippen LogP contribution >= 0.6 is 0 Å². The Hall–Kier alpha value is -2.86. The Morgan fingerprint density at radius 1 is 0.938 bits per heavy atom. The van der Waals surface area contributed by atoms with E-state index >= 15 is 0 Å². The van der Waals surface area contributed by atoms with E-state index in [-0.39, 0.29) is 11.8 Å². The van der Waals surface area contributed by atoms with Gasteiger partial charge in [-0.2, -0.15) is 0 Å². The van der Waals surface area contributed by atoms with Crippen LogP contribution in [0.2, 0.25) is 0 Å². The summed E-state index contributed by atoms with van der Waals surface area (Å²) in [5, 5.41) is 5.79. The second-order valence-corrected chi connectivity index (χ2v) is 8.51. The highest BCUT2D eigenvalue weighted by atomic mass is 16.5. The van der Waals surface area contributed by atoms with Gasteiger partial charge in [-0.15, -0.1) is 0 Å². The average Bonchev–Trinajstić information content (AvgIpc) is 2.78. The van der Waals surface area contributed by atoms with E-state index in [9.17, 15) is 9.59 Å². The van der Waals surface area contributed by atoms with Crippen molar-refractivity contribution < 1.29 is 14.3 Å². The summed E-state index contributed by atoms with van der Waals surface area (Å²) in [6.07, 6.45) is 9.53. The van der Waals surface area contributed by atoms with Gasteiger partial charge in [-0.05, 0) is 56.3 Å². The number of benzene rings is 2. The molecule has 2 N–H and O–H groups in total. The van der Waals surface area contributed by atoms with Crippen LogP contribution in [0.4, 0.5) is 11.4 Å². The van der Waals surface area contributed by atoms with Crippen molar-refractivity contribution in [3.05, 3.63) is 54.1 Å². The Morgan fingerprint density at radius 3 is 2.28 bits per heavy atom. The van der Waals surface area contributed by atoms with Gasteiger partial charge in [0.15, 0.2) is 0 Å². The zero-order chi connectivity index (χ0) is 22.8. The van der Waals surface area contributed by atoms with Crippen LogP contribution in [0, 0.1) is 0 Å². The third-order valence-corrected chi connectivity index (χ3v) is 6.18. The number of anilines is 2. The molecule has 1 aliphatic carbocycles. The number of para-hydroxylation sites is 2. The molecule has 1 aliphatic rings. The number of amides is 2. The molecular formula is C26H35N3O3. The van der Waals surface area contributed by atoms with Crippen molar-refractivity contribution in [1.29, 1.82) is 0 Å². The molecule has 32 heavy (non-hydrogen) atoms. The van der Waals surface area contributed by atoms with Crippen LogP contribution in [0.5, 0.6) is 5.75 Å². The van der Waals surface area contributed by atoms with Crippen LogP contribution in [0.25, 0.3) is 0 Å². The van der Waals surface area contributed by atoms with Gasteiger partial charge in [0.2, 0.25) is 5.91 Å². The number of methoxy groups -OCH3 is 1. The number of hydrogen-bond acceptors (Lipinski definition) is 4. The molecule has 1 saturated carbocycles. The average molecular weight is 438 g/mol. The van der Waals surface area contributed by atoms with Gasteiger partial charge in [-0.3, -0.25) is 9.59 Å². The van der Waals surface area contributed by atoms with Crippen molar-refractivity contribution in [2.45, 2.75) is 57.4 Å². The summed E-state index contributed by atoms with van der Waals surface area (Å²) in [7, 11) is 3.70. The van der Waals surface area contributed by atoms with Crippen LogP contribution in [0.15, 0.2) is 48.5 Å². The Kier molecular flexibility index (Phi) is 9.11. The van der Waals surface area contributed by atoms with Gasteiger partial charge in [0.1, 0.15) is 5.75 Å². The first-order valence-electron chi connectivity index (χ1n) is 11.6.